The van der Waals surface area contributed by atoms with Crippen LogP contribution in [0.3, 0.4) is 0 Å². The third-order valence-electron chi connectivity index (χ3n) is 12.2. The highest BCUT2D eigenvalue weighted by Gasteiger charge is 2.36. The Labute approximate surface area is 335 Å². The third-order valence-corrected chi connectivity index (χ3v) is 18.0. The first-order chi connectivity index (χ1) is 27.1. The van der Waals surface area contributed by atoms with E-state index in [4.69, 9.17) is 0 Å². The second kappa shape index (κ2) is 15.3. The van der Waals surface area contributed by atoms with Gasteiger partial charge in [-0.05, 0) is 128 Å². The zero-order valence-electron chi connectivity index (χ0n) is 34.2. The fourth-order valence-corrected chi connectivity index (χ4v) is 15.4. The van der Waals surface area contributed by atoms with Crippen LogP contribution in [0.15, 0.2) is 169 Å². The van der Waals surface area contributed by atoms with Gasteiger partial charge in [-0.1, -0.05) is 199 Å². The molecule has 0 amide bonds. The first-order valence-corrected chi connectivity index (χ1v) is 22.1. The van der Waals surface area contributed by atoms with Gasteiger partial charge in [0.05, 0.1) is 0 Å². The summed E-state index contributed by atoms with van der Waals surface area (Å²) in [6.45, 7) is 19.0. The van der Waals surface area contributed by atoms with Gasteiger partial charge < -0.3 is 0 Å². The van der Waals surface area contributed by atoms with Gasteiger partial charge in [-0.25, -0.2) is 10.0 Å². The van der Waals surface area contributed by atoms with Gasteiger partial charge in [-0.3, -0.25) is 0 Å². The normalized spacial score (nSPS) is 12.3. The fourth-order valence-electron chi connectivity index (χ4n) is 9.88. The molecule has 0 aromatic heterocycles. The van der Waals surface area contributed by atoms with Gasteiger partial charge in [0.1, 0.15) is 0 Å². The van der Waals surface area contributed by atoms with Crippen LogP contribution in [-0.2, 0) is 0 Å². The van der Waals surface area contributed by atoms with Gasteiger partial charge in [0.25, 0.3) is 0 Å². The van der Waals surface area contributed by atoms with Crippen LogP contribution < -0.4 is 0 Å². The van der Waals surface area contributed by atoms with E-state index in [9.17, 15) is 0 Å². The molecule has 0 atom stereocenters. The molecule has 8 aromatic rings. The van der Waals surface area contributed by atoms with Crippen LogP contribution in [0.5, 0.6) is 0 Å². The lowest BCUT2D eigenvalue weighted by Crippen LogP contribution is -2.28. The summed E-state index contributed by atoms with van der Waals surface area (Å²) in [7, 11) is -1.08. The SMILES string of the molecule is Cc1ccc(-c2c3ccccc3c(-c3ccc(C)c4ccccc34)c3cc(-c4cccccc(S(C(C)C)(C(C)C)C(C)C)ccc4)ccc23)c2ccccc12. The Balaban J connectivity index is 1.46. The Morgan fingerprint density at radius 1 is 0.321 bits per heavy atom. The van der Waals surface area contributed by atoms with Crippen molar-refractivity contribution in [1.82, 2.24) is 0 Å². The van der Waals surface area contributed by atoms with Crippen LogP contribution in [0.25, 0.3) is 76.5 Å². The summed E-state index contributed by atoms with van der Waals surface area (Å²) >= 11 is 0. The molecule has 0 fully saturated rings. The maximum absolute atomic E-state index is 2.47. The van der Waals surface area contributed by atoms with Gasteiger partial charge in [-0.2, -0.15) is 0 Å². The lowest BCUT2D eigenvalue weighted by molar-refractivity contribution is 0.935. The lowest BCUT2D eigenvalue weighted by atomic mass is 9.82. The van der Waals surface area contributed by atoms with Gasteiger partial charge in [0.2, 0.25) is 0 Å². The zero-order valence-corrected chi connectivity index (χ0v) is 35.0. The second-order valence-electron chi connectivity index (χ2n) is 16.2. The molecule has 0 nitrogen and oxygen atoms in total. The molecule has 0 N–H and O–H groups in total. The van der Waals surface area contributed by atoms with Crippen LogP contribution in [0.4, 0.5) is 0 Å². The minimum atomic E-state index is -1.08. The minimum absolute atomic E-state index is 0.583. The van der Waals surface area contributed by atoms with Crippen LogP contribution in [0.1, 0.15) is 52.7 Å². The van der Waals surface area contributed by atoms with E-state index in [1.54, 1.807) is 0 Å². The highest BCUT2D eigenvalue weighted by molar-refractivity contribution is 8.35. The highest BCUT2D eigenvalue weighted by atomic mass is 32.3. The summed E-state index contributed by atoms with van der Waals surface area (Å²) in [6, 6.07) is 61.7. The molecular weight excluding hydrogens is 693 g/mol. The van der Waals surface area contributed by atoms with E-state index in [2.05, 4.69) is 219 Å². The Bertz CT molecular complexity index is 2800. The van der Waals surface area contributed by atoms with E-state index in [1.165, 1.54) is 92.5 Å². The topological polar surface area (TPSA) is 0 Å². The number of rotatable bonds is 7. The predicted octanol–water partition coefficient (Wildman–Crippen LogP) is 16.4. The number of hydrogen-bond donors (Lipinski definition) is 0. The molecule has 56 heavy (non-hydrogen) atoms. The third kappa shape index (κ3) is 6.27. The molecule has 1 heteroatoms. The molecule has 0 radical (unpaired) electrons. The lowest BCUT2D eigenvalue weighted by Gasteiger charge is -2.51. The molecular formula is C55H54S. The standard InChI is InChI=1S/C55H54S/c1-36(2)56(37(3)4,38(5)6)43-21-11-9-10-19-41(20-18-22-43)42-31-34-52-53(35-42)55(51-33-30-40(8)45-24-13-15-26-47(45)51)49-28-17-16-27-48(49)54(52)50-32-29-39(7)44-23-12-14-25-46(44)50/h9-38H,1-8H3. The van der Waals surface area contributed by atoms with Crippen molar-refractivity contribution < 1.29 is 0 Å². The molecule has 0 bridgehead atoms. The van der Waals surface area contributed by atoms with Gasteiger partial charge in [0.15, 0.2) is 0 Å². The molecule has 0 aliphatic heterocycles. The summed E-state index contributed by atoms with van der Waals surface area (Å²) in [5.41, 5.74) is 10.1. The highest BCUT2D eigenvalue weighted by Crippen LogP contribution is 2.66. The maximum Gasteiger partial charge on any atom is -0.00199 e. The first-order valence-electron chi connectivity index (χ1n) is 20.3. The number of benzene rings is 7. The molecule has 0 aliphatic carbocycles. The van der Waals surface area contributed by atoms with Gasteiger partial charge >= 0.3 is 0 Å². The Morgan fingerprint density at radius 3 is 1.27 bits per heavy atom. The number of aryl methyl sites for hydroxylation is 2. The van der Waals surface area contributed by atoms with E-state index < -0.39 is 10.0 Å². The Hall–Kier alpha value is -5.37. The number of hydrogen-bond acceptors (Lipinski definition) is 0. The van der Waals surface area contributed by atoms with Crippen molar-refractivity contribution in [3.05, 3.63) is 175 Å². The van der Waals surface area contributed by atoms with E-state index in [0.717, 1.165) is 0 Å². The molecule has 8 aromatic carbocycles. The van der Waals surface area contributed by atoms with Crippen LogP contribution in [0, 0.1) is 13.8 Å². The van der Waals surface area contributed by atoms with E-state index in [1.807, 2.05) is 0 Å². The van der Waals surface area contributed by atoms with Crippen molar-refractivity contribution in [2.24, 2.45) is 0 Å². The summed E-state index contributed by atoms with van der Waals surface area (Å²) in [5.74, 6) is 0. The molecule has 8 rings (SSSR count). The average molecular weight is 747 g/mol. The predicted molar refractivity (Wildman–Crippen MR) is 251 cm³/mol. The van der Waals surface area contributed by atoms with E-state index in [-0.39, 0.29) is 0 Å². The van der Waals surface area contributed by atoms with Gasteiger partial charge in [-0.15, -0.1) is 0 Å². The fraction of sp³-hybridized carbons (Fsp3) is 0.200. The molecule has 0 spiro atoms. The monoisotopic (exact) mass is 746 g/mol. The van der Waals surface area contributed by atoms with Crippen molar-refractivity contribution in [3.63, 3.8) is 0 Å². The summed E-state index contributed by atoms with van der Waals surface area (Å²) in [4.78, 5) is 1.48. The smallest absolute Gasteiger partial charge is 0.00199 e. The first kappa shape index (κ1) is 37.5. The molecule has 0 aliphatic rings. The summed E-state index contributed by atoms with van der Waals surface area (Å²) < 4.78 is 0. The van der Waals surface area contributed by atoms with Crippen LogP contribution in [0.2, 0.25) is 0 Å². The summed E-state index contributed by atoms with van der Waals surface area (Å²) in [5, 5.41) is 12.0. The van der Waals surface area contributed by atoms with E-state index >= 15 is 0 Å². The van der Waals surface area contributed by atoms with E-state index in [0.29, 0.717) is 15.7 Å². The Kier molecular flexibility index (Phi) is 10.2. The number of fused-ring (bicyclic) bond motifs is 4. The molecule has 280 valence electrons. The van der Waals surface area contributed by atoms with Crippen molar-refractivity contribution in [2.45, 2.75) is 76.0 Å². The van der Waals surface area contributed by atoms with Crippen molar-refractivity contribution in [1.29, 1.82) is 0 Å². The molecule has 0 saturated heterocycles. The van der Waals surface area contributed by atoms with Crippen molar-refractivity contribution in [2.75, 3.05) is 0 Å². The van der Waals surface area contributed by atoms with Crippen LogP contribution in [-0.4, -0.2) is 15.7 Å². The molecule has 0 heterocycles. The van der Waals surface area contributed by atoms with Crippen molar-refractivity contribution >= 4 is 53.1 Å². The van der Waals surface area contributed by atoms with Gasteiger partial charge in [0, 0.05) is 0 Å². The summed E-state index contributed by atoms with van der Waals surface area (Å²) in [6.07, 6.45) is 0. The quantitative estimate of drug-likeness (QED) is 0.143. The molecule has 0 unspecified atom stereocenters. The van der Waals surface area contributed by atoms with Crippen molar-refractivity contribution in [3.8, 4) is 33.4 Å². The average Bonchev–Trinajstić information content (AvgIpc) is 3.20. The Morgan fingerprint density at radius 2 is 0.732 bits per heavy atom. The maximum atomic E-state index is 2.47. The largest absolute Gasteiger partial charge is 0.207 e. The minimum Gasteiger partial charge on any atom is -0.207 e. The second-order valence-corrected chi connectivity index (χ2v) is 21.0. The molecule has 0 saturated carbocycles. The van der Waals surface area contributed by atoms with Crippen LogP contribution >= 0.6 is 10.0 Å². The zero-order chi connectivity index (χ0) is 39.1.